The number of nitrogens with one attached hydrogen (secondary N) is 1. The molecule has 2 aromatic carbocycles. The summed E-state index contributed by atoms with van der Waals surface area (Å²) < 4.78 is 61.0. The van der Waals surface area contributed by atoms with E-state index in [2.05, 4.69) is 5.32 Å². The third kappa shape index (κ3) is 3.84. The maximum Gasteiger partial charge on any atom is 0.231 e. The summed E-state index contributed by atoms with van der Waals surface area (Å²) >= 11 is 5.83. The third-order valence-electron chi connectivity index (χ3n) is 4.85. The number of fused-ring (bicyclic) bond motifs is 1. The van der Waals surface area contributed by atoms with Gasteiger partial charge in [-0.05, 0) is 42.0 Å². The Labute approximate surface area is 168 Å². The minimum absolute atomic E-state index is 0.0638. The summed E-state index contributed by atoms with van der Waals surface area (Å²) in [7, 11) is -7.30. The average Bonchev–Trinajstić information content (AvgIpc) is 3.23. The van der Waals surface area contributed by atoms with Crippen molar-refractivity contribution in [2.75, 3.05) is 18.3 Å². The van der Waals surface area contributed by atoms with Crippen molar-refractivity contribution in [3.05, 3.63) is 53.1 Å². The smallest absolute Gasteiger partial charge is 0.231 e. The van der Waals surface area contributed by atoms with Crippen molar-refractivity contribution in [2.45, 2.75) is 22.7 Å². The van der Waals surface area contributed by atoms with Crippen LogP contribution in [0.25, 0.3) is 0 Å². The minimum Gasteiger partial charge on any atom is -0.454 e. The Morgan fingerprint density at radius 1 is 1.04 bits per heavy atom. The monoisotopic (exact) mass is 443 g/mol. The third-order valence-corrected chi connectivity index (χ3v) is 9.27. The highest BCUT2D eigenvalue weighted by molar-refractivity contribution is 7.96. The lowest BCUT2D eigenvalue weighted by Gasteiger charge is -2.20. The second kappa shape index (κ2) is 7.22. The van der Waals surface area contributed by atoms with Crippen LogP contribution in [0.1, 0.15) is 5.56 Å². The van der Waals surface area contributed by atoms with E-state index in [9.17, 15) is 16.8 Å². The minimum atomic E-state index is -3.83. The fourth-order valence-electron chi connectivity index (χ4n) is 3.41. The number of halogens is 1. The SMILES string of the molecule is O=S1(=O)C[C@@H](S(=O)(=O)c2ccc(Cl)cc2)[C@H](NCc2ccc3c(c2)OCO3)C1. The number of hydrogen-bond donors (Lipinski definition) is 1. The lowest BCUT2D eigenvalue weighted by molar-refractivity contribution is 0.174. The van der Waals surface area contributed by atoms with Crippen molar-refractivity contribution >= 4 is 31.3 Å². The first-order valence-electron chi connectivity index (χ1n) is 8.56. The van der Waals surface area contributed by atoms with Gasteiger partial charge in [0.2, 0.25) is 6.79 Å². The number of sulfone groups is 2. The summed E-state index contributed by atoms with van der Waals surface area (Å²) in [6.07, 6.45) is 0. The van der Waals surface area contributed by atoms with Gasteiger partial charge in [-0.15, -0.1) is 0 Å². The lowest BCUT2D eigenvalue weighted by Crippen LogP contribution is -2.43. The molecule has 4 rings (SSSR count). The first kappa shape index (κ1) is 19.5. The maximum absolute atomic E-state index is 13.0. The zero-order valence-corrected chi connectivity index (χ0v) is 17.1. The van der Waals surface area contributed by atoms with Gasteiger partial charge < -0.3 is 14.8 Å². The van der Waals surface area contributed by atoms with E-state index in [1.807, 2.05) is 6.07 Å². The molecule has 2 aromatic rings. The van der Waals surface area contributed by atoms with E-state index in [-0.39, 0.29) is 17.4 Å². The molecule has 2 atom stereocenters. The van der Waals surface area contributed by atoms with Gasteiger partial charge in [-0.3, -0.25) is 0 Å². The molecule has 1 fully saturated rings. The second-order valence-corrected chi connectivity index (χ2v) is 11.5. The first-order chi connectivity index (χ1) is 13.2. The Hall–Kier alpha value is -1.81. The van der Waals surface area contributed by atoms with Gasteiger partial charge in [-0.1, -0.05) is 17.7 Å². The standard InChI is InChI=1S/C18H18ClNO6S2/c19-13-2-4-14(5-3-13)28(23,24)18-10-27(21,22)9-15(18)20-8-12-1-6-16-17(7-12)26-11-25-16/h1-7,15,18,20H,8-11H2/t15-,18-/m1/s1. The number of hydrogen-bond acceptors (Lipinski definition) is 7. The van der Waals surface area contributed by atoms with Gasteiger partial charge in [0, 0.05) is 17.6 Å². The van der Waals surface area contributed by atoms with E-state index in [0.29, 0.717) is 23.1 Å². The Morgan fingerprint density at radius 3 is 2.50 bits per heavy atom. The zero-order chi connectivity index (χ0) is 19.9. The Kier molecular flexibility index (Phi) is 5.03. The molecular formula is C18H18ClNO6S2. The highest BCUT2D eigenvalue weighted by atomic mass is 35.5. The molecule has 0 radical (unpaired) electrons. The van der Waals surface area contributed by atoms with Crippen LogP contribution in [0.15, 0.2) is 47.4 Å². The van der Waals surface area contributed by atoms with Gasteiger partial charge in [0.15, 0.2) is 31.2 Å². The molecule has 0 aromatic heterocycles. The van der Waals surface area contributed by atoms with Crippen LogP contribution in [0.5, 0.6) is 11.5 Å². The fourth-order valence-corrected chi connectivity index (χ4v) is 8.25. The molecule has 0 saturated carbocycles. The van der Waals surface area contributed by atoms with Gasteiger partial charge in [-0.25, -0.2) is 16.8 Å². The lowest BCUT2D eigenvalue weighted by atomic mass is 10.2. The quantitative estimate of drug-likeness (QED) is 0.752. The summed E-state index contributed by atoms with van der Waals surface area (Å²) in [6.45, 7) is 0.470. The largest absolute Gasteiger partial charge is 0.454 e. The number of ether oxygens (including phenoxy) is 2. The first-order valence-corrected chi connectivity index (χ1v) is 12.3. The molecule has 0 amide bonds. The zero-order valence-electron chi connectivity index (χ0n) is 14.7. The Morgan fingerprint density at radius 2 is 1.75 bits per heavy atom. The van der Waals surface area contributed by atoms with E-state index in [0.717, 1.165) is 5.56 Å². The number of rotatable bonds is 5. The van der Waals surface area contributed by atoms with Crippen molar-refractivity contribution < 1.29 is 26.3 Å². The normalized spacial score (nSPS) is 23.0. The molecule has 2 aliphatic heterocycles. The van der Waals surface area contributed by atoms with Gasteiger partial charge in [0.25, 0.3) is 0 Å². The summed E-state index contributed by atoms with van der Waals surface area (Å²) in [4.78, 5) is 0.0638. The molecule has 0 aliphatic carbocycles. The predicted octanol–water partition coefficient (Wildman–Crippen LogP) is 1.80. The highest BCUT2D eigenvalue weighted by Crippen LogP contribution is 2.33. The molecule has 2 aliphatic rings. The van der Waals surface area contributed by atoms with Gasteiger partial charge in [-0.2, -0.15) is 0 Å². The molecule has 2 heterocycles. The van der Waals surface area contributed by atoms with Crippen molar-refractivity contribution in [3.63, 3.8) is 0 Å². The highest BCUT2D eigenvalue weighted by Gasteiger charge is 2.45. The fraction of sp³-hybridized carbons (Fsp3) is 0.333. The van der Waals surface area contributed by atoms with E-state index >= 15 is 0 Å². The van der Waals surface area contributed by atoms with Crippen molar-refractivity contribution in [1.29, 1.82) is 0 Å². The maximum atomic E-state index is 13.0. The molecule has 150 valence electrons. The van der Waals surface area contributed by atoms with Crippen LogP contribution in [0.2, 0.25) is 5.02 Å². The van der Waals surface area contributed by atoms with Crippen LogP contribution >= 0.6 is 11.6 Å². The molecule has 7 nitrogen and oxygen atoms in total. The van der Waals surface area contributed by atoms with Crippen LogP contribution < -0.4 is 14.8 Å². The van der Waals surface area contributed by atoms with Gasteiger partial charge in [0.1, 0.15) is 0 Å². The molecule has 10 heteroatoms. The van der Waals surface area contributed by atoms with Crippen molar-refractivity contribution in [1.82, 2.24) is 5.32 Å². The summed E-state index contributed by atoms with van der Waals surface area (Å²) in [5.74, 6) is 0.630. The summed E-state index contributed by atoms with van der Waals surface area (Å²) in [5, 5.41) is 2.45. The molecule has 0 unspecified atom stereocenters. The van der Waals surface area contributed by atoms with Crippen molar-refractivity contribution in [3.8, 4) is 11.5 Å². The van der Waals surface area contributed by atoms with E-state index in [4.69, 9.17) is 21.1 Å². The second-order valence-electron chi connectivity index (χ2n) is 6.79. The predicted molar refractivity (Wildman–Crippen MR) is 104 cm³/mol. The molecule has 0 bridgehead atoms. The van der Waals surface area contributed by atoms with Gasteiger partial charge in [0.05, 0.1) is 21.7 Å². The van der Waals surface area contributed by atoms with Crippen LogP contribution in [0, 0.1) is 0 Å². The van der Waals surface area contributed by atoms with E-state index in [1.165, 1.54) is 24.3 Å². The van der Waals surface area contributed by atoms with Crippen LogP contribution in [0.4, 0.5) is 0 Å². The van der Waals surface area contributed by atoms with Crippen molar-refractivity contribution in [2.24, 2.45) is 0 Å². The topological polar surface area (TPSA) is 98.8 Å². The van der Waals surface area contributed by atoms with Crippen LogP contribution in [-0.2, 0) is 26.2 Å². The Bertz CT molecular complexity index is 1100. The Balaban J connectivity index is 1.55. The van der Waals surface area contributed by atoms with Crippen LogP contribution in [-0.4, -0.2) is 46.4 Å². The number of benzene rings is 2. The summed E-state index contributed by atoms with van der Waals surface area (Å²) in [6, 6.07) is 10.4. The van der Waals surface area contributed by atoms with Crippen LogP contribution in [0.3, 0.4) is 0 Å². The molecule has 1 saturated heterocycles. The van der Waals surface area contributed by atoms with E-state index < -0.39 is 36.7 Å². The summed E-state index contributed by atoms with van der Waals surface area (Å²) in [5.41, 5.74) is 0.844. The molecule has 28 heavy (non-hydrogen) atoms. The van der Waals surface area contributed by atoms with E-state index in [1.54, 1.807) is 12.1 Å². The molecule has 1 N–H and O–H groups in total. The van der Waals surface area contributed by atoms with Gasteiger partial charge >= 0.3 is 0 Å². The molecular weight excluding hydrogens is 426 g/mol. The molecule has 0 spiro atoms. The average molecular weight is 444 g/mol.